The van der Waals surface area contributed by atoms with Crippen LogP contribution in [-0.2, 0) is 16.8 Å². The molecule has 0 unspecified atom stereocenters. The number of hydrogen-bond acceptors (Lipinski definition) is 7. The van der Waals surface area contributed by atoms with Crippen molar-refractivity contribution in [3.8, 4) is 17.2 Å². The van der Waals surface area contributed by atoms with E-state index in [0.717, 1.165) is 5.56 Å². The Bertz CT molecular complexity index is 1330. The standard InChI is InChI=1S/C30H27NO7/c1-36-26-14-8-23(9-15-26)30(33,24-10-16-27(37-2)17-11-24)22-6-3-21(4-7-22)5-20-29(32)38-28-18-12-25(13-19-28)31(34)35/h3-4,6-19,33H,5,20H2,1-2H3. The molecule has 8 heteroatoms. The summed E-state index contributed by atoms with van der Waals surface area (Å²) in [5, 5.41) is 22.8. The van der Waals surface area contributed by atoms with Gasteiger partial charge in [0.05, 0.1) is 19.1 Å². The minimum absolute atomic E-state index is 0.0749. The lowest BCUT2D eigenvalue weighted by molar-refractivity contribution is -0.384. The van der Waals surface area contributed by atoms with Gasteiger partial charge in [-0.05, 0) is 65.1 Å². The summed E-state index contributed by atoms with van der Waals surface area (Å²) in [5.41, 5.74) is 1.37. The van der Waals surface area contributed by atoms with Crippen molar-refractivity contribution >= 4 is 11.7 Å². The first kappa shape index (κ1) is 26.4. The summed E-state index contributed by atoms with van der Waals surface area (Å²) in [6, 6.07) is 27.3. The van der Waals surface area contributed by atoms with Crippen LogP contribution in [0, 0.1) is 10.1 Å². The van der Waals surface area contributed by atoms with Crippen molar-refractivity contribution in [2.45, 2.75) is 18.4 Å². The average Bonchev–Trinajstić information content (AvgIpc) is 2.96. The van der Waals surface area contributed by atoms with Crippen LogP contribution in [0.1, 0.15) is 28.7 Å². The van der Waals surface area contributed by atoms with Gasteiger partial charge in [0.1, 0.15) is 22.8 Å². The number of ether oxygens (including phenoxy) is 3. The summed E-state index contributed by atoms with van der Waals surface area (Å²) >= 11 is 0. The van der Waals surface area contributed by atoms with E-state index in [1.807, 2.05) is 48.5 Å². The zero-order valence-electron chi connectivity index (χ0n) is 21.0. The van der Waals surface area contributed by atoms with Gasteiger partial charge in [0.2, 0.25) is 0 Å². The van der Waals surface area contributed by atoms with Crippen molar-refractivity contribution in [2.75, 3.05) is 14.2 Å². The molecule has 0 aliphatic rings. The van der Waals surface area contributed by atoms with E-state index in [1.165, 1.54) is 24.3 Å². The first-order valence-electron chi connectivity index (χ1n) is 11.9. The fraction of sp³-hybridized carbons (Fsp3) is 0.167. The highest BCUT2D eigenvalue weighted by atomic mass is 16.6. The number of benzene rings is 4. The summed E-state index contributed by atoms with van der Waals surface area (Å²) in [4.78, 5) is 22.5. The molecule has 194 valence electrons. The van der Waals surface area contributed by atoms with Gasteiger partial charge in [-0.1, -0.05) is 48.5 Å². The van der Waals surface area contributed by atoms with Gasteiger partial charge in [-0.2, -0.15) is 0 Å². The van der Waals surface area contributed by atoms with Gasteiger partial charge in [0.15, 0.2) is 0 Å². The van der Waals surface area contributed by atoms with E-state index in [1.54, 1.807) is 38.5 Å². The van der Waals surface area contributed by atoms with Crippen LogP contribution in [-0.4, -0.2) is 30.2 Å². The van der Waals surface area contributed by atoms with Gasteiger partial charge in [-0.3, -0.25) is 14.9 Å². The fourth-order valence-corrected chi connectivity index (χ4v) is 4.14. The maximum Gasteiger partial charge on any atom is 0.311 e. The Morgan fingerprint density at radius 1 is 0.737 bits per heavy atom. The van der Waals surface area contributed by atoms with E-state index < -0.39 is 16.5 Å². The number of non-ortho nitro benzene ring substituents is 1. The molecule has 8 nitrogen and oxygen atoms in total. The lowest BCUT2D eigenvalue weighted by Gasteiger charge is -2.30. The van der Waals surface area contributed by atoms with Crippen LogP contribution in [0.25, 0.3) is 0 Å². The lowest BCUT2D eigenvalue weighted by atomic mass is 9.80. The molecule has 0 spiro atoms. The van der Waals surface area contributed by atoms with Crippen LogP contribution >= 0.6 is 0 Å². The highest BCUT2D eigenvalue weighted by Crippen LogP contribution is 2.38. The Labute approximate surface area is 220 Å². The third kappa shape index (κ3) is 5.82. The van der Waals surface area contributed by atoms with Crippen LogP contribution in [0.5, 0.6) is 17.2 Å². The van der Waals surface area contributed by atoms with Gasteiger partial charge in [-0.15, -0.1) is 0 Å². The monoisotopic (exact) mass is 513 g/mol. The average molecular weight is 514 g/mol. The van der Waals surface area contributed by atoms with Gasteiger partial charge in [0.25, 0.3) is 5.69 Å². The second-order valence-electron chi connectivity index (χ2n) is 8.59. The maximum atomic E-state index is 12.3. The number of aryl methyl sites for hydroxylation is 1. The summed E-state index contributed by atoms with van der Waals surface area (Å²) in [7, 11) is 3.18. The van der Waals surface area contributed by atoms with Crippen LogP contribution in [0.3, 0.4) is 0 Å². The summed E-state index contributed by atoms with van der Waals surface area (Å²) in [6.45, 7) is 0. The minimum Gasteiger partial charge on any atom is -0.497 e. The van der Waals surface area contributed by atoms with E-state index in [-0.39, 0.29) is 17.9 Å². The number of methoxy groups -OCH3 is 2. The molecule has 4 aromatic carbocycles. The molecule has 4 aromatic rings. The number of nitro benzene ring substituents is 1. The predicted molar refractivity (Wildman–Crippen MR) is 142 cm³/mol. The largest absolute Gasteiger partial charge is 0.497 e. The van der Waals surface area contributed by atoms with Crippen molar-refractivity contribution in [3.05, 3.63) is 129 Å². The first-order chi connectivity index (χ1) is 18.3. The normalized spacial score (nSPS) is 11.0. The SMILES string of the molecule is COc1ccc(C(O)(c2ccc(CCC(=O)Oc3ccc([N+](=O)[O-])cc3)cc2)c2ccc(OC)cc2)cc1. The Balaban J connectivity index is 1.51. The van der Waals surface area contributed by atoms with Gasteiger partial charge < -0.3 is 19.3 Å². The van der Waals surface area contributed by atoms with E-state index >= 15 is 0 Å². The second kappa shape index (κ2) is 11.6. The molecule has 0 aromatic heterocycles. The van der Waals surface area contributed by atoms with Gasteiger partial charge >= 0.3 is 5.97 Å². The molecule has 0 fully saturated rings. The van der Waals surface area contributed by atoms with Crippen LogP contribution in [0.2, 0.25) is 0 Å². The van der Waals surface area contributed by atoms with Gasteiger partial charge in [-0.25, -0.2) is 0 Å². The van der Waals surface area contributed by atoms with Crippen molar-refractivity contribution in [1.29, 1.82) is 0 Å². The summed E-state index contributed by atoms with van der Waals surface area (Å²) < 4.78 is 15.8. The summed E-state index contributed by atoms with van der Waals surface area (Å²) in [5.74, 6) is 1.17. The molecule has 0 atom stereocenters. The molecule has 0 heterocycles. The molecule has 0 bridgehead atoms. The number of hydrogen-bond donors (Lipinski definition) is 1. The molecular weight excluding hydrogens is 486 g/mol. The number of carbonyl (C=O) groups is 1. The van der Waals surface area contributed by atoms with Crippen molar-refractivity contribution in [3.63, 3.8) is 0 Å². The first-order valence-corrected chi connectivity index (χ1v) is 11.9. The molecule has 0 saturated heterocycles. The van der Waals surface area contributed by atoms with Gasteiger partial charge in [0, 0.05) is 18.6 Å². The van der Waals surface area contributed by atoms with Crippen LogP contribution in [0.15, 0.2) is 97.1 Å². The Kier molecular flexibility index (Phi) is 8.03. The molecular formula is C30H27NO7. The third-order valence-corrected chi connectivity index (χ3v) is 6.28. The maximum absolute atomic E-state index is 12.3. The zero-order chi connectivity index (χ0) is 27.1. The molecule has 4 rings (SSSR count). The Morgan fingerprint density at radius 3 is 1.58 bits per heavy atom. The topological polar surface area (TPSA) is 108 Å². The lowest BCUT2D eigenvalue weighted by Crippen LogP contribution is -2.28. The van der Waals surface area contributed by atoms with Crippen molar-refractivity contribution in [2.24, 2.45) is 0 Å². The quantitative estimate of drug-likeness (QED) is 0.0990. The number of nitro groups is 1. The molecule has 0 saturated carbocycles. The highest BCUT2D eigenvalue weighted by molar-refractivity contribution is 5.72. The predicted octanol–water partition coefficient (Wildman–Crippen LogP) is 5.43. The Hall–Kier alpha value is -4.69. The second-order valence-corrected chi connectivity index (χ2v) is 8.59. The molecule has 0 radical (unpaired) electrons. The van der Waals surface area contributed by atoms with E-state index in [0.29, 0.717) is 34.6 Å². The fourth-order valence-electron chi connectivity index (χ4n) is 4.14. The van der Waals surface area contributed by atoms with Crippen LogP contribution in [0.4, 0.5) is 5.69 Å². The minimum atomic E-state index is -1.44. The number of esters is 1. The molecule has 0 amide bonds. The van der Waals surface area contributed by atoms with E-state index in [2.05, 4.69) is 0 Å². The zero-order valence-corrected chi connectivity index (χ0v) is 21.0. The van der Waals surface area contributed by atoms with E-state index in [4.69, 9.17) is 14.2 Å². The number of nitrogens with zero attached hydrogens (tertiary/aromatic N) is 1. The Morgan fingerprint density at radius 2 is 1.16 bits per heavy atom. The molecule has 1 N–H and O–H groups in total. The molecule has 0 aliphatic heterocycles. The molecule has 38 heavy (non-hydrogen) atoms. The summed E-state index contributed by atoms with van der Waals surface area (Å²) in [6.07, 6.45) is 0.549. The molecule has 0 aliphatic carbocycles. The smallest absolute Gasteiger partial charge is 0.311 e. The third-order valence-electron chi connectivity index (χ3n) is 6.28. The highest BCUT2D eigenvalue weighted by Gasteiger charge is 2.34. The van der Waals surface area contributed by atoms with Crippen molar-refractivity contribution < 1.29 is 29.0 Å². The number of rotatable bonds is 10. The number of aliphatic hydroxyl groups is 1. The van der Waals surface area contributed by atoms with E-state index in [9.17, 15) is 20.0 Å². The number of carbonyl (C=O) groups excluding carboxylic acids is 1. The van der Waals surface area contributed by atoms with Crippen molar-refractivity contribution in [1.82, 2.24) is 0 Å². The van der Waals surface area contributed by atoms with Crippen LogP contribution < -0.4 is 14.2 Å².